The van der Waals surface area contributed by atoms with Gasteiger partial charge in [-0.15, -0.1) is 10.2 Å². The van der Waals surface area contributed by atoms with E-state index in [-0.39, 0.29) is 17.7 Å². The standard InChI is InChI=1S/C21H17ClN6O2S/c22-13-5-7-14(8-6-13)28-19(16-11-24-17-4-2-1-3-15(16)17)25-26-21(28)31-12-18(29)27-10-9-23-20(27)30/h1-8,11,24H,9-10,12H2,(H,23,30). The molecular weight excluding hydrogens is 436 g/mol. The molecule has 0 aliphatic carbocycles. The Kier molecular flexibility index (Phi) is 5.13. The van der Waals surface area contributed by atoms with Crippen molar-refractivity contribution in [1.29, 1.82) is 0 Å². The number of amides is 3. The van der Waals surface area contributed by atoms with Gasteiger partial charge in [0.05, 0.1) is 5.75 Å². The van der Waals surface area contributed by atoms with E-state index < -0.39 is 0 Å². The summed E-state index contributed by atoms with van der Waals surface area (Å²) in [4.78, 5) is 28.7. The summed E-state index contributed by atoms with van der Waals surface area (Å²) < 4.78 is 1.90. The Labute approximate surface area is 186 Å². The van der Waals surface area contributed by atoms with Gasteiger partial charge in [0, 0.05) is 46.5 Å². The van der Waals surface area contributed by atoms with Gasteiger partial charge >= 0.3 is 6.03 Å². The van der Waals surface area contributed by atoms with Crippen LogP contribution in [0, 0.1) is 0 Å². The molecule has 5 rings (SSSR count). The molecule has 0 saturated carbocycles. The Morgan fingerprint density at radius 3 is 2.71 bits per heavy atom. The molecule has 2 N–H and O–H groups in total. The fourth-order valence-corrected chi connectivity index (χ4v) is 4.49. The molecule has 1 aliphatic heterocycles. The molecule has 0 spiro atoms. The molecule has 8 nitrogen and oxygen atoms in total. The number of aromatic nitrogens is 4. The first kappa shape index (κ1) is 19.7. The van der Waals surface area contributed by atoms with E-state index in [1.807, 2.05) is 47.2 Å². The van der Waals surface area contributed by atoms with Crippen molar-refractivity contribution in [2.75, 3.05) is 18.8 Å². The van der Waals surface area contributed by atoms with Crippen molar-refractivity contribution in [3.05, 3.63) is 59.8 Å². The average molecular weight is 453 g/mol. The Bertz CT molecular complexity index is 1280. The number of aromatic amines is 1. The number of urea groups is 1. The smallest absolute Gasteiger partial charge is 0.324 e. The number of imide groups is 1. The number of carbonyl (C=O) groups is 2. The highest BCUT2D eigenvalue weighted by molar-refractivity contribution is 7.99. The zero-order valence-corrected chi connectivity index (χ0v) is 17.8. The normalized spacial score (nSPS) is 13.7. The lowest BCUT2D eigenvalue weighted by atomic mass is 10.1. The maximum absolute atomic E-state index is 12.5. The number of hydrogen-bond acceptors (Lipinski definition) is 5. The number of nitrogens with zero attached hydrogens (tertiary/aromatic N) is 4. The summed E-state index contributed by atoms with van der Waals surface area (Å²) in [5, 5.41) is 13.6. The molecule has 31 heavy (non-hydrogen) atoms. The summed E-state index contributed by atoms with van der Waals surface area (Å²) >= 11 is 7.32. The third-order valence-electron chi connectivity index (χ3n) is 5.03. The number of carbonyl (C=O) groups excluding carboxylic acids is 2. The molecule has 1 fully saturated rings. The van der Waals surface area contributed by atoms with Crippen LogP contribution in [-0.4, -0.2) is 55.4 Å². The van der Waals surface area contributed by atoms with Crippen LogP contribution in [0.4, 0.5) is 4.79 Å². The molecule has 0 atom stereocenters. The van der Waals surface area contributed by atoms with Crippen molar-refractivity contribution in [3.8, 4) is 17.1 Å². The second-order valence-electron chi connectivity index (χ2n) is 6.93. The van der Waals surface area contributed by atoms with E-state index in [1.54, 1.807) is 12.1 Å². The molecule has 10 heteroatoms. The van der Waals surface area contributed by atoms with E-state index in [9.17, 15) is 9.59 Å². The fraction of sp³-hybridized carbons (Fsp3) is 0.143. The summed E-state index contributed by atoms with van der Waals surface area (Å²) in [6, 6.07) is 14.9. The van der Waals surface area contributed by atoms with Crippen LogP contribution < -0.4 is 5.32 Å². The monoisotopic (exact) mass is 452 g/mol. The third-order valence-corrected chi connectivity index (χ3v) is 6.20. The summed E-state index contributed by atoms with van der Waals surface area (Å²) in [5.41, 5.74) is 2.71. The molecule has 4 aromatic rings. The lowest BCUT2D eigenvalue weighted by Gasteiger charge is -2.13. The second kappa shape index (κ2) is 8.09. The van der Waals surface area contributed by atoms with Crippen LogP contribution in [0.15, 0.2) is 59.9 Å². The van der Waals surface area contributed by atoms with Crippen LogP contribution in [0.1, 0.15) is 0 Å². The van der Waals surface area contributed by atoms with Crippen molar-refractivity contribution in [1.82, 2.24) is 30.0 Å². The number of fused-ring (bicyclic) bond motifs is 1. The molecular formula is C21H17ClN6O2S. The van der Waals surface area contributed by atoms with Gasteiger partial charge in [-0.1, -0.05) is 41.6 Å². The van der Waals surface area contributed by atoms with Gasteiger partial charge in [0.2, 0.25) is 5.91 Å². The van der Waals surface area contributed by atoms with Gasteiger partial charge in [-0.2, -0.15) is 0 Å². The SMILES string of the molecule is O=C(CSc1nnc(-c2c[nH]c3ccccc23)n1-c1ccc(Cl)cc1)N1CCNC1=O. The molecule has 3 heterocycles. The number of H-pyrrole nitrogens is 1. The third kappa shape index (κ3) is 3.66. The maximum Gasteiger partial charge on any atom is 0.324 e. The zero-order chi connectivity index (χ0) is 21.4. The first-order chi connectivity index (χ1) is 15.1. The minimum absolute atomic E-state index is 0.0764. The molecule has 156 valence electrons. The lowest BCUT2D eigenvalue weighted by molar-refractivity contribution is -0.124. The molecule has 3 amide bonds. The first-order valence-corrected chi connectivity index (χ1v) is 11.0. The van der Waals surface area contributed by atoms with Crippen molar-refractivity contribution >= 4 is 46.2 Å². The molecule has 1 aliphatic rings. The molecule has 1 saturated heterocycles. The number of benzene rings is 2. The topological polar surface area (TPSA) is 95.9 Å². The highest BCUT2D eigenvalue weighted by Crippen LogP contribution is 2.32. The lowest BCUT2D eigenvalue weighted by Crippen LogP contribution is -2.35. The van der Waals surface area contributed by atoms with Gasteiger partial charge < -0.3 is 10.3 Å². The predicted molar refractivity (Wildman–Crippen MR) is 119 cm³/mol. The number of hydrogen-bond donors (Lipinski definition) is 2. The van der Waals surface area contributed by atoms with Crippen LogP contribution in [0.5, 0.6) is 0 Å². The first-order valence-electron chi connectivity index (χ1n) is 9.60. The van der Waals surface area contributed by atoms with Crippen LogP contribution in [0.3, 0.4) is 0 Å². The van der Waals surface area contributed by atoms with E-state index in [0.29, 0.717) is 29.1 Å². The van der Waals surface area contributed by atoms with E-state index >= 15 is 0 Å². The van der Waals surface area contributed by atoms with Crippen LogP contribution in [0.2, 0.25) is 5.02 Å². The van der Waals surface area contributed by atoms with Crippen LogP contribution >= 0.6 is 23.4 Å². The minimum atomic E-state index is -0.357. The fourth-order valence-electron chi connectivity index (χ4n) is 3.53. The summed E-state index contributed by atoms with van der Waals surface area (Å²) in [7, 11) is 0. The average Bonchev–Trinajstić information content (AvgIpc) is 3.50. The van der Waals surface area contributed by atoms with Crippen molar-refractivity contribution in [3.63, 3.8) is 0 Å². The van der Waals surface area contributed by atoms with Gasteiger partial charge in [0.25, 0.3) is 0 Å². The van der Waals surface area contributed by atoms with Crippen LogP contribution in [-0.2, 0) is 4.79 Å². The largest absolute Gasteiger partial charge is 0.360 e. The Hall–Kier alpha value is -3.30. The van der Waals surface area contributed by atoms with Gasteiger partial charge in [-0.05, 0) is 30.3 Å². The van der Waals surface area contributed by atoms with Gasteiger partial charge in [-0.3, -0.25) is 14.3 Å². The van der Waals surface area contributed by atoms with Crippen molar-refractivity contribution in [2.45, 2.75) is 5.16 Å². The predicted octanol–water partition coefficient (Wildman–Crippen LogP) is 3.71. The minimum Gasteiger partial charge on any atom is -0.360 e. The van der Waals surface area contributed by atoms with Crippen molar-refractivity contribution < 1.29 is 9.59 Å². The summed E-state index contributed by atoms with van der Waals surface area (Å²) in [6.07, 6.45) is 1.90. The summed E-state index contributed by atoms with van der Waals surface area (Å²) in [5.74, 6) is 0.459. The van der Waals surface area contributed by atoms with Crippen molar-refractivity contribution in [2.24, 2.45) is 0 Å². The number of halogens is 1. The molecule has 2 aromatic heterocycles. The van der Waals surface area contributed by atoms with Gasteiger partial charge in [0.1, 0.15) is 0 Å². The highest BCUT2D eigenvalue weighted by atomic mass is 35.5. The number of nitrogens with one attached hydrogen (secondary N) is 2. The van der Waals surface area contributed by atoms with E-state index in [4.69, 9.17) is 11.6 Å². The molecule has 0 radical (unpaired) electrons. The summed E-state index contributed by atoms with van der Waals surface area (Å²) in [6.45, 7) is 0.851. The van der Waals surface area contributed by atoms with Gasteiger partial charge in [-0.25, -0.2) is 4.79 Å². The number of thioether (sulfide) groups is 1. The molecule has 0 bridgehead atoms. The van der Waals surface area contributed by atoms with Gasteiger partial charge in [0.15, 0.2) is 11.0 Å². The Balaban J connectivity index is 1.53. The Morgan fingerprint density at radius 2 is 1.94 bits per heavy atom. The quantitative estimate of drug-likeness (QED) is 0.450. The maximum atomic E-state index is 12.5. The Morgan fingerprint density at radius 1 is 1.13 bits per heavy atom. The molecule has 2 aromatic carbocycles. The van der Waals surface area contributed by atoms with Crippen LogP contribution in [0.25, 0.3) is 28.0 Å². The number of para-hydroxylation sites is 1. The highest BCUT2D eigenvalue weighted by Gasteiger charge is 2.27. The van der Waals surface area contributed by atoms with E-state index in [2.05, 4.69) is 20.5 Å². The second-order valence-corrected chi connectivity index (χ2v) is 8.31. The van der Waals surface area contributed by atoms with E-state index in [1.165, 1.54) is 16.7 Å². The molecule has 0 unspecified atom stereocenters. The van der Waals surface area contributed by atoms with E-state index in [0.717, 1.165) is 22.2 Å². The zero-order valence-electron chi connectivity index (χ0n) is 16.2. The number of rotatable bonds is 5.